The molecule has 0 amide bonds. The number of alkyl halides is 2. The number of aromatic nitrogens is 3. The van der Waals surface area contributed by atoms with Crippen LogP contribution in [0, 0.1) is 12.7 Å². The van der Waals surface area contributed by atoms with E-state index >= 15 is 4.39 Å². The van der Waals surface area contributed by atoms with E-state index in [4.69, 9.17) is 4.74 Å². The van der Waals surface area contributed by atoms with E-state index in [9.17, 15) is 17.2 Å². The van der Waals surface area contributed by atoms with E-state index in [0.717, 1.165) is 0 Å². The molecule has 44 heavy (non-hydrogen) atoms. The van der Waals surface area contributed by atoms with Gasteiger partial charge in [-0.2, -0.15) is 0 Å². The van der Waals surface area contributed by atoms with Crippen LogP contribution < -0.4 is 20.1 Å². The maximum absolute atomic E-state index is 15.9. The Labute approximate surface area is 254 Å². The Balaban J connectivity index is 1.48. The molecule has 2 atom stereocenters. The first-order valence-corrected chi connectivity index (χ1v) is 15.9. The average Bonchev–Trinajstić information content (AvgIpc) is 2.96. The summed E-state index contributed by atoms with van der Waals surface area (Å²) in [4.78, 5) is 13.3. The van der Waals surface area contributed by atoms with Gasteiger partial charge in [0, 0.05) is 54.3 Å². The summed E-state index contributed by atoms with van der Waals surface area (Å²) < 4.78 is 78.6. The normalized spacial score (nSPS) is 19.1. The third-order valence-electron chi connectivity index (χ3n) is 7.34. The molecule has 1 aliphatic heterocycles. The van der Waals surface area contributed by atoms with Crippen LogP contribution in [-0.4, -0.2) is 59.6 Å². The molecule has 1 saturated heterocycles. The lowest BCUT2D eigenvalue weighted by molar-refractivity contribution is 0.137. The Morgan fingerprint density at radius 3 is 2.59 bits per heavy atom. The third-order valence-corrected chi connectivity index (χ3v) is 8.60. The summed E-state index contributed by atoms with van der Waals surface area (Å²) in [6, 6.07) is 11.6. The minimum absolute atomic E-state index is 0.0490. The number of benzene rings is 2. The SMILES string of the molecule is Cc1c(F)c(NS(=O)(=O)CCC(C)(C)F)c2ccccc2c1Oc1ncccc1-c1ccnc(N[C@@H]2CNC[C@@](C)(F)C2)n1. The van der Waals surface area contributed by atoms with E-state index < -0.39 is 32.9 Å². The number of fused-ring (bicyclic) bond motifs is 1. The zero-order valence-electron chi connectivity index (χ0n) is 24.9. The monoisotopic (exact) mass is 628 g/mol. The molecule has 0 bridgehead atoms. The molecule has 2 aromatic heterocycles. The molecule has 0 radical (unpaired) electrons. The standard InChI is InChI=1S/C31H35F3N6O3S/c1-19-25(32)26(40-44(41,42)15-12-30(2,3)33)21-8-5-6-9-22(21)27(19)43-28-23(10-7-13-36-28)24-11-14-37-29(39-24)38-20-16-31(4,34)18-35-17-20/h5-11,13-14,20,35,40H,12,15-18H2,1-4H3,(H,37,38,39)/t20-,31-/m0/s1. The minimum Gasteiger partial charge on any atom is -0.437 e. The highest BCUT2D eigenvalue weighted by atomic mass is 32.2. The molecule has 5 rings (SSSR count). The smallest absolute Gasteiger partial charge is 0.232 e. The van der Waals surface area contributed by atoms with Crippen molar-refractivity contribution < 1.29 is 26.3 Å². The number of piperidine rings is 1. The quantitative estimate of drug-likeness (QED) is 0.187. The molecule has 1 fully saturated rings. The topological polar surface area (TPSA) is 118 Å². The van der Waals surface area contributed by atoms with Gasteiger partial charge >= 0.3 is 0 Å². The third kappa shape index (κ3) is 7.39. The van der Waals surface area contributed by atoms with Crippen molar-refractivity contribution in [2.75, 3.05) is 28.9 Å². The number of pyridine rings is 1. The Kier molecular flexibility index (Phi) is 8.72. The molecule has 9 nitrogen and oxygen atoms in total. The van der Waals surface area contributed by atoms with Crippen molar-refractivity contribution in [3.63, 3.8) is 0 Å². The van der Waals surface area contributed by atoms with Gasteiger partial charge in [-0.05, 0) is 52.3 Å². The van der Waals surface area contributed by atoms with Crippen molar-refractivity contribution in [2.45, 2.75) is 57.9 Å². The molecule has 2 aromatic carbocycles. The number of anilines is 2. The molecule has 0 unspecified atom stereocenters. The number of hydrogen-bond donors (Lipinski definition) is 3. The van der Waals surface area contributed by atoms with Crippen molar-refractivity contribution >= 4 is 32.4 Å². The van der Waals surface area contributed by atoms with Crippen LogP contribution in [0.25, 0.3) is 22.0 Å². The molecule has 0 aliphatic carbocycles. The van der Waals surface area contributed by atoms with Crippen LogP contribution in [0.2, 0.25) is 0 Å². The van der Waals surface area contributed by atoms with Gasteiger partial charge < -0.3 is 15.4 Å². The van der Waals surface area contributed by atoms with Gasteiger partial charge in [0.1, 0.15) is 17.1 Å². The molecule has 4 aromatic rings. The van der Waals surface area contributed by atoms with Crippen molar-refractivity contribution in [3.8, 4) is 22.9 Å². The first kappa shape index (κ1) is 31.5. The van der Waals surface area contributed by atoms with Crippen LogP contribution in [0.15, 0.2) is 54.9 Å². The zero-order valence-corrected chi connectivity index (χ0v) is 25.7. The van der Waals surface area contributed by atoms with Crippen molar-refractivity contribution in [1.29, 1.82) is 0 Å². The van der Waals surface area contributed by atoms with Crippen molar-refractivity contribution in [1.82, 2.24) is 20.3 Å². The second kappa shape index (κ2) is 12.2. The van der Waals surface area contributed by atoms with E-state index in [-0.39, 0.29) is 47.3 Å². The summed E-state index contributed by atoms with van der Waals surface area (Å²) in [7, 11) is -4.06. The highest BCUT2D eigenvalue weighted by molar-refractivity contribution is 7.92. The fourth-order valence-corrected chi connectivity index (χ4v) is 6.48. The fraction of sp³-hybridized carbons (Fsp3) is 0.387. The summed E-state index contributed by atoms with van der Waals surface area (Å²) in [5.74, 6) is -0.747. The largest absolute Gasteiger partial charge is 0.437 e. The second-order valence-electron chi connectivity index (χ2n) is 11.9. The van der Waals surface area contributed by atoms with Crippen LogP contribution in [0.3, 0.4) is 0 Å². The Morgan fingerprint density at radius 1 is 1.11 bits per heavy atom. The summed E-state index contributed by atoms with van der Waals surface area (Å²) in [6.07, 6.45) is 3.14. The average molecular weight is 629 g/mol. The van der Waals surface area contributed by atoms with Gasteiger partial charge in [0.25, 0.3) is 0 Å². The summed E-state index contributed by atoms with van der Waals surface area (Å²) in [5, 5.41) is 6.97. The highest BCUT2D eigenvalue weighted by Gasteiger charge is 2.32. The predicted molar refractivity (Wildman–Crippen MR) is 166 cm³/mol. The number of sulfonamides is 1. The number of nitrogens with zero attached hydrogens (tertiary/aromatic N) is 3. The van der Waals surface area contributed by atoms with Gasteiger partial charge in [-0.25, -0.2) is 36.5 Å². The molecular formula is C31H35F3N6O3S. The lowest BCUT2D eigenvalue weighted by Crippen LogP contribution is -2.50. The number of hydrogen-bond acceptors (Lipinski definition) is 8. The Morgan fingerprint density at radius 2 is 1.86 bits per heavy atom. The van der Waals surface area contributed by atoms with Crippen LogP contribution in [0.5, 0.6) is 11.6 Å². The van der Waals surface area contributed by atoms with Crippen LogP contribution >= 0.6 is 0 Å². The van der Waals surface area contributed by atoms with Gasteiger partial charge in [-0.3, -0.25) is 4.72 Å². The van der Waals surface area contributed by atoms with Crippen LogP contribution in [-0.2, 0) is 10.0 Å². The molecule has 0 saturated carbocycles. The molecule has 13 heteroatoms. The molecule has 1 aliphatic rings. The lowest BCUT2D eigenvalue weighted by Gasteiger charge is -2.33. The van der Waals surface area contributed by atoms with Crippen LogP contribution in [0.4, 0.5) is 24.8 Å². The summed E-state index contributed by atoms with van der Waals surface area (Å²) in [6.45, 7) is 6.44. The van der Waals surface area contributed by atoms with Gasteiger partial charge in [-0.1, -0.05) is 24.3 Å². The van der Waals surface area contributed by atoms with Gasteiger partial charge in [-0.15, -0.1) is 0 Å². The predicted octanol–water partition coefficient (Wildman–Crippen LogP) is 6.31. The van der Waals surface area contributed by atoms with Crippen molar-refractivity contribution in [3.05, 3.63) is 66.2 Å². The van der Waals surface area contributed by atoms with Crippen molar-refractivity contribution in [2.24, 2.45) is 0 Å². The fourth-order valence-electron chi connectivity index (χ4n) is 5.11. The number of nitrogens with one attached hydrogen (secondary N) is 3. The van der Waals surface area contributed by atoms with E-state index in [1.54, 1.807) is 55.6 Å². The van der Waals surface area contributed by atoms with Gasteiger partial charge in [0.2, 0.25) is 21.9 Å². The first-order valence-electron chi connectivity index (χ1n) is 14.2. The summed E-state index contributed by atoms with van der Waals surface area (Å²) in [5.41, 5.74) is -2.27. The van der Waals surface area contributed by atoms with E-state index in [0.29, 0.717) is 35.6 Å². The summed E-state index contributed by atoms with van der Waals surface area (Å²) >= 11 is 0. The Bertz CT molecular complexity index is 1780. The minimum atomic E-state index is -4.06. The molecule has 3 heterocycles. The van der Waals surface area contributed by atoms with Gasteiger partial charge in [0.15, 0.2) is 5.82 Å². The number of ether oxygens (including phenoxy) is 1. The number of halogens is 3. The second-order valence-corrected chi connectivity index (χ2v) is 13.7. The highest BCUT2D eigenvalue weighted by Crippen LogP contribution is 2.42. The van der Waals surface area contributed by atoms with E-state index in [1.165, 1.54) is 27.0 Å². The van der Waals surface area contributed by atoms with Crippen LogP contribution in [0.1, 0.15) is 39.2 Å². The zero-order chi connectivity index (χ0) is 31.7. The van der Waals surface area contributed by atoms with E-state index in [1.807, 2.05) is 0 Å². The van der Waals surface area contributed by atoms with Gasteiger partial charge in [0.05, 0.1) is 22.7 Å². The van der Waals surface area contributed by atoms with E-state index in [2.05, 4.69) is 30.3 Å². The molecular weight excluding hydrogens is 593 g/mol. The Hall–Kier alpha value is -3.97. The molecule has 234 valence electrons. The lowest BCUT2D eigenvalue weighted by atomic mass is 9.95. The maximum atomic E-state index is 15.9. The molecule has 0 spiro atoms. The maximum Gasteiger partial charge on any atom is 0.232 e. The first-order chi connectivity index (χ1) is 20.7. The number of rotatable bonds is 10. The molecule has 3 N–H and O–H groups in total.